The van der Waals surface area contributed by atoms with E-state index in [1.165, 1.54) is 12.0 Å². The van der Waals surface area contributed by atoms with E-state index < -0.39 is 0 Å². The van der Waals surface area contributed by atoms with Gasteiger partial charge >= 0.3 is 0 Å². The van der Waals surface area contributed by atoms with Crippen LogP contribution in [0.15, 0.2) is 18.2 Å². The highest BCUT2D eigenvalue weighted by molar-refractivity contribution is 5.28. The molecule has 0 amide bonds. The van der Waals surface area contributed by atoms with Crippen LogP contribution in [0.3, 0.4) is 0 Å². The van der Waals surface area contributed by atoms with E-state index in [1.54, 1.807) is 6.07 Å². The molecule has 1 heterocycles. The van der Waals surface area contributed by atoms with Crippen molar-refractivity contribution in [3.8, 4) is 0 Å². The number of nitrogens with one attached hydrogen (secondary N) is 1. The number of likely N-dealkylation sites (N-methyl/N-ethyl adjacent to an activating group) is 3. The molecule has 0 aliphatic carbocycles. The van der Waals surface area contributed by atoms with Crippen LogP contribution in [-0.2, 0) is 0 Å². The van der Waals surface area contributed by atoms with Gasteiger partial charge in [-0.15, -0.1) is 0 Å². The summed E-state index contributed by atoms with van der Waals surface area (Å²) < 4.78 is 13.6. The van der Waals surface area contributed by atoms with Gasteiger partial charge in [0.1, 0.15) is 5.82 Å². The molecular weight excluding hydrogens is 265 g/mol. The highest BCUT2D eigenvalue weighted by atomic mass is 19.1. The van der Waals surface area contributed by atoms with Gasteiger partial charge in [-0.25, -0.2) is 4.39 Å². The van der Waals surface area contributed by atoms with Crippen LogP contribution in [0.5, 0.6) is 0 Å². The smallest absolute Gasteiger partial charge is 0.126 e. The van der Waals surface area contributed by atoms with E-state index in [-0.39, 0.29) is 11.9 Å². The van der Waals surface area contributed by atoms with Crippen molar-refractivity contribution in [2.75, 3.05) is 40.3 Å². The standard InChI is InChI=1S/C17H28FN3/c1-5-19-17(14-7-8-15(18)13(2)11-14)16-12-20(3)9-6-10-21(16)4/h7-8,11,16-17,19H,5-6,9-10,12H2,1-4H3. The van der Waals surface area contributed by atoms with E-state index in [2.05, 4.69) is 36.1 Å². The third-order valence-corrected chi connectivity index (χ3v) is 4.47. The first-order valence-electron chi connectivity index (χ1n) is 7.91. The van der Waals surface area contributed by atoms with Crippen molar-refractivity contribution in [1.29, 1.82) is 0 Å². The van der Waals surface area contributed by atoms with Gasteiger partial charge in [-0.2, -0.15) is 0 Å². The monoisotopic (exact) mass is 293 g/mol. The average Bonchev–Trinajstić information content (AvgIpc) is 2.61. The fraction of sp³-hybridized carbons (Fsp3) is 0.647. The van der Waals surface area contributed by atoms with E-state index in [4.69, 9.17) is 0 Å². The van der Waals surface area contributed by atoms with Crippen molar-refractivity contribution in [3.63, 3.8) is 0 Å². The first-order chi connectivity index (χ1) is 10.0. The molecule has 21 heavy (non-hydrogen) atoms. The van der Waals surface area contributed by atoms with E-state index in [1.807, 2.05) is 19.1 Å². The van der Waals surface area contributed by atoms with Crippen molar-refractivity contribution >= 4 is 0 Å². The van der Waals surface area contributed by atoms with Crippen molar-refractivity contribution < 1.29 is 4.39 Å². The lowest BCUT2D eigenvalue weighted by atomic mass is 9.96. The summed E-state index contributed by atoms with van der Waals surface area (Å²) in [5, 5.41) is 3.60. The lowest BCUT2D eigenvalue weighted by molar-refractivity contribution is 0.179. The maximum atomic E-state index is 13.6. The molecule has 3 nitrogen and oxygen atoms in total. The molecule has 1 aliphatic rings. The van der Waals surface area contributed by atoms with Crippen LogP contribution < -0.4 is 5.32 Å². The van der Waals surface area contributed by atoms with Crippen LogP contribution in [0.2, 0.25) is 0 Å². The van der Waals surface area contributed by atoms with Crippen molar-refractivity contribution in [2.45, 2.75) is 32.4 Å². The second-order valence-electron chi connectivity index (χ2n) is 6.21. The first-order valence-corrected chi connectivity index (χ1v) is 7.91. The van der Waals surface area contributed by atoms with Crippen LogP contribution in [0.4, 0.5) is 4.39 Å². The Hall–Kier alpha value is -0.970. The number of hydrogen-bond donors (Lipinski definition) is 1. The summed E-state index contributed by atoms with van der Waals surface area (Å²) in [7, 11) is 4.38. The molecule has 0 bridgehead atoms. The van der Waals surface area contributed by atoms with Gasteiger partial charge in [-0.1, -0.05) is 19.1 Å². The molecule has 0 aromatic heterocycles. The van der Waals surface area contributed by atoms with Crippen molar-refractivity contribution in [2.24, 2.45) is 0 Å². The molecule has 118 valence electrons. The minimum Gasteiger partial charge on any atom is -0.309 e. The summed E-state index contributed by atoms with van der Waals surface area (Å²) in [6.07, 6.45) is 1.20. The van der Waals surface area contributed by atoms with E-state index in [9.17, 15) is 4.39 Å². The molecule has 2 rings (SSSR count). The van der Waals surface area contributed by atoms with Gasteiger partial charge in [0, 0.05) is 18.6 Å². The van der Waals surface area contributed by atoms with Crippen LogP contribution in [0, 0.1) is 12.7 Å². The second-order valence-corrected chi connectivity index (χ2v) is 6.21. The number of rotatable bonds is 4. The van der Waals surface area contributed by atoms with Gasteiger partial charge in [-0.3, -0.25) is 0 Å². The fourth-order valence-corrected chi connectivity index (χ4v) is 3.22. The number of halogens is 1. The molecule has 0 saturated carbocycles. The molecule has 1 fully saturated rings. The Morgan fingerprint density at radius 3 is 2.76 bits per heavy atom. The molecule has 4 heteroatoms. The summed E-state index contributed by atoms with van der Waals surface area (Å²) >= 11 is 0. The molecule has 2 unspecified atom stereocenters. The summed E-state index contributed by atoms with van der Waals surface area (Å²) in [4.78, 5) is 4.84. The van der Waals surface area contributed by atoms with Crippen LogP contribution in [0.1, 0.15) is 30.5 Å². The average molecular weight is 293 g/mol. The minimum atomic E-state index is -0.125. The molecule has 1 aromatic carbocycles. The lowest BCUT2D eigenvalue weighted by Gasteiger charge is -2.35. The zero-order chi connectivity index (χ0) is 15.4. The lowest BCUT2D eigenvalue weighted by Crippen LogP contribution is -2.47. The van der Waals surface area contributed by atoms with Gasteiger partial charge in [0.2, 0.25) is 0 Å². The largest absolute Gasteiger partial charge is 0.309 e. The van der Waals surface area contributed by atoms with Crippen molar-refractivity contribution in [1.82, 2.24) is 15.1 Å². The predicted molar refractivity (Wildman–Crippen MR) is 86.1 cm³/mol. The quantitative estimate of drug-likeness (QED) is 0.920. The molecule has 1 saturated heterocycles. The number of nitrogens with zero attached hydrogens (tertiary/aromatic N) is 2. The van der Waals surface area contributed by atoms with E-state index in [0.717, 1.165) is 31.7 Å². The van der Waals surface area contributed by atoms with Gasteiger partial charge in [-0.05, 0) is 64.3 Å². The highest BCUT2D eigenvalue weighted by Crippen LogP contribution is 2.24. The molecular formula is C17H28FN3. The van der Waals surface area contributed by atoms with Crippen LogP contribution in [0.25, 0.3) is 0 Å². The molecule has 2 atom stereocenters. The zero-order valence-electron chi connectivity index (χ0n) is 13.7. The Morgan fingerprint density at radius 2 is 2.10 bits per heavy atom. The Labute approximate surface area is 128 Å². The maximum Gasteiger partial charge on any atom is 0.126 e. The third kappa shape index (κ3) is 4.02. The number of aryl methyl sites for hydroxylation is 1. The topological polar surface area (TPSA) is 18.5 Å². The molecule has 1 aromatic rings. The van der Waals surface area contributed by atoms with Crippen LogP contribution in [-0.4, -0.2) is 56.1 Å². The Morgan fingerprint density at radius 1 is 1.33 bits per heavy atom. The van der Waals surface area contributed by atoms with Crippen molar-refractivity contribution in [3.05, 3.63) is 35.1 Å². The number of benzene rings is 1. The fourth-order valence-electron chi connectivity index (χ4n) is 3.22. The SMILES string of the molecule is CCNC(c1ccc(F)c(C)c1)C1CN(C)CCCN1C. The first kappa shape index (κ1) is 16.4. The second kappa shape index (κ2) is 7.34. The zero-order valence-corrected chi connectivity index (χ0v) is 13.7. The Bertz CT molecular complexity index is 463. The molecule has 1 aliphatic heterocycles. The summed E-state index contributed by atoms with van der Waals surface area (Å²) in [5.41, 5.74) is 1.91. The number of hydrogen-bond acceptors (Lipinski definition) is 3. The normalized spacial score (nSPS) is 23.0. The third-order valence-electron chi connectivity index (χ3n) is 4.47. The molecule has 0 radical (unpaired) electrons. The minimum absolute atomic E-state index is 0.125. The van der Waals surface area contributed by atoms with Gasteiger partial charge in [0.05, 0.1) is 0 Å². The van der Waals surface area contributed by atoms with E-state index in [0.29, 0.717) is 6.04 Å². The van der Waals surface area contributed by atoms with Gasteiger partial charge < -0.3 is 15.1 Å². The molecule has 0 spiro atoms. The van der Waals surface area contributed by atoms with Gasteiger partial charge in [0.15, 0.2) is 0 Å². The van der Waals surface area contributed by atoms with Gasteiger partial charge in [0.25, 0.3) is 0 Å². The maximum absolute atomic E-state index is 13.6. The summed E-state index contributed by atoms with van der Waals surface area (Å²) in [6, 6.07) is 6.15. The summed E-state index contributed by atoms with van der Waals surface area (Å²) in [5.74, 6) is -0.125. The van der Waals surface area contributed by atoms with Crippen LogP contribution >= 0.6 is 0 Å². The summed E-state index contributed by atoms with van der Waals surface area (Å²) in [6.45, 7) is 8.16. The predicted octanol–water partition coefficient (Wildman–Crippen LogP) is 2.42. The Balaban J connectivity index is 2.29. The highest BCUT2D eigenvalue weighted by Gasteiger charge is 2.29. The van der Waals surface area contributed by atoms with E-state index >= 15 is 0 Å². The molecule has 1 N–H and O–H groups in total. The Kier molecular flexibility index (Phi) is 5.73.